The summed E-state index contributed by atoms with van der Waals surface area (Å²) in [7, 11) is -3.32. The lowest BCUT2D eigenvalue weighted by Crippen LogP contribution is -2.33. The fraction of sp³-hybridized carbons (Fsp3) is 0.333. The zero-order valence-electron chi connectivity index (χ0n) is 15.3. The van der Waals surface area contributed by atoms with E-state index < -0.39 is 21.8 Å². The monoisotopic (exact) mass is 418 g/mol. The number of anilines is 1. The van der Waals surface area contributed by atoms with Crippen LogP contribution in [0, 0.1) is 0 Å². The van der Waals surface area contributed by atoms with Crippen LogP contribution < -0.4 is 10.9 Å². The van der Waals surface area contributed by atoms with E-state index in [-0.39, 0.29) is 10.5 Å². The molecule has 1 atom stereocenters. The lowest BCUT2D eigenvalue weighted by molar-refractivity contribution is -0.119. The SMILES string of the molecule is CC(C(=O)Nc1nc2ccc(S(C)(=O)=O)cc2s1)n1nc2c(cc1=O)CCC2. The zero-order valence-corrected chi connectivity index (χ0v) is 16.9. The van der Waals surface area contributed by atoms with Crippen LogP contribution in [0.3, 0.4) is 0 Å². The summed E-state index contributed by atoms with van der Waals surface area (Å²) in [6.07, 6.45) is 3.76. The Balaban J connectivity index is 1.59. The first kappa shape index (κ1) is 18.8. The number of fused-ring (bicyclic) bond motifs is 2. The maximum Gasteiger partial charge on any atom is 0.267 e. The van der Waals surface area contributed by atoms with Crippen LogP contribution in [0.2, 0.25) is 0 Å². The van der Waals surface area contributed by atoms with Crippen molar-refractivity contribution >= 4 is 42.4 Å². The van der Waals surface area contributed by atoms with Crippen molar-refractivity contribution in [3.8, 4) is 0 Å². The van der Waals surface area contributed by atoms with E-state index in [1.54, 1.807) is 19.1 Å². The maximum absolute atomic E-state index is 12.6. The Labute approximate surface area is 165 Å². The molecule has 1 aliphatic carbocycles. The number of nitrogens with one attached hydrogen (secondary N) is 1. The highest BCUT2D eigenvalue weighted by Crippen LogP contribution is 2.28. The molecule has 146 valence electrons. The molecule has 8 nitrogen and oxygen atoms in total. The zero-order chi connectivity index (χ0) is 20.1. The van der Waals surface area contributed by atoms with Gasteiger partial charge in [-0.1, -0.05) is 11.3 Å². The van der Waals surface area contributed by atoms with Gasteiger partial charge in [-0.05, 0) is 49.9 Å². The minimum Gasteiger partial charge on any atom is -0.300 e. The number of carbonyl (C=O) groups is 1. The summed E-state index contributed by atoms with van der Waals surface area (Å²) in [5.41, 5.74) is 2.12. The van der Waals surface area contributed by atoms with Gasteiger partial charge in [0.15, 0.2) is 15.0 Å². The Hall–Kier alpha value is -2.59. The summed E-state index contributed by atoms with van der Waals surface area (Å²) in [5, 5.41) is 7.40. The van der Waals surface area contributed by atoms with Gasteiger partial charge in [0.25, 0.3) is 11.5 Å². The second kappa shape index (κ2) is 6.78. The van der Waals surface area contributed by atoms with Crippen molar-refractivity contribution in [2.75, 3.05) is 11.6 Å². The molecule has 1 unspecified atom stereocenters. The molecule has 2 heterocycles. The van der Waals surface area contributed by atoms with Crippen molar-refractivity contribution in [3.63, 3.8) is 0 Å². The summed E-state index contributed by atoms with van der Waals surface area (Å²) in [5.74, 6) is -0.407. The maximum atomic E-state index is 12.6. The Morgan fingerprint density at radius 3 is 2.82 bits per heavy atom. The summed E-state index contributed by atoms with van der Waals surface area (Å²) >= 11 is 1.18. The van der Waals surface area contributed by atoms with Crippen LogP contribution in [0.15, 0.2) is 34.0 Å². The van der Waals surface area contributed by atoms with Gasteiger partial charge in [0.05, 0.1) is 20.8 Å². The first-order valence-electron chi connectivity index (χ1n) is 8.75. The largest absolute Gasteiger partial charge is 0.300 e. The molecule has 0 saturated carbocycles. The number of amides is 1. The van der Waals surface area contributed by atoms with Gasteiger partial charge in [-0.2, -0.15) is 5.10 Å². The molecular formula is C18H18N4O4S2. The lowest BCUT2D eigenvalue weighted by Gasteiger charge is -2.14. The number of sulfone groups is 1. The minimum atomic E-state index is -3.32. The fourth-order valence-corrected chi connectivity index (χ4v) is 4.83. The third kappa shape index (κ3) is 3.45. The summed E-state index contributed by atoms with van der Waals surface area (Å²) in [4.78, 5) is 29.4. The molecule has 1 N–H and O–H groups in total. The third-order valence-corrected chi connectivity index (χ3v) is 6.79. The van der Waals surface area contributed by atoms with Crippen molar-refractivity contribution in [3.05, 3.63) is 45.9 Å². The van der Waals surface area contributed by atoms with Crippen LogP contribution in [-0.2, 0) is 27.5 Å². The first-order valence-corrected chi connectivity index (χ1v) is 11.5. The number of carbonyl (C=O) groups excluding carboxylic acids is 1. The topological polar surface area (TPSA) is 111 Å². The Morgan fingerprint density at radius 2 is 2.07 bits per heavy atom. The van der Waals surface area contributed by atoms with Crippen LogP contribution in [0.4, 0.5) is 5.13 Å². The number of rotatable bonds is 4. The van der Waals surface area contributed by atoms with Gasteiger partial charge in [0.1, 0.15) is 6.04 Å². The van der Waals surface area contributed by atoms with E-state index in [4.69, 9.17) is 0 Å². The molecule has 0 spiro atoms. The van der Waals surface area contributed by atoms with Crippen molar-refractivity contribution in [1.82, 2.24) is 14.8 Å². The molecule has 3 aromatic rings. The van der Waals surface area contributed by atoms with Gasteiger partial charge in [-0.3, -0.25) is 9.59 Å². The molecule has 0 bridgehead atoms. The van der Waals surface area contributed by atoms with Gasteiger partial charge in [-0.15, -0.1) is 0 Å². The molecule has 0 aliphatic heterocycles. The van der Waals surface area contributed by atoms with E-state index in [2.05, 4.69) is 15.4 Å². The number of aryl methyl sites for hydroxylation is 2. The number of hydrogen-bond acceptors (Lipinski definition) is 7. The van der Waals surface area contributed by atoms with E-state index in [9.17, 15) is 18.0 Å². The fourth-order valence-electron chi connectivity index (χ4n) is 3.20. The molecule has 0 saturated heterocycles. The number of thiazole rings is 1. The van der Waals surface area contributed by atoms with Gasteiger partial charge in [0.2, 0.25) is 0 Å². The van der Waals surface area contributed by atoms with Crippen LogP contribution in [-0.4, -0.2) is 35.3 Å². The van der Waals surface area contributed by atoms with E-state index in [1.165, 1.54) is 28.2 Å². The number of benzene rings is 1. The summed E-state index contributed by atoms with van der Waals surface area (Å²) < 4.78 is 25.2. The van der Waals surface area contributed by atoms with Gasteiger partial charge < -0.3 is 5.32 Å². The van der Waals surface area contributed by atoms with E-state index in [0.29, 0.717) is 15.3 Å². The molecule has 1 aromatic carbocycles. The molecule has 1 amide bonds. The summed E-state index contributed by atoms with van der Waals surface area (Å²) in [6.45, 7) is 1.61. The molecule has 28 heavy (non-hydrogen) atoms. The average Bonchev–Trinajstić information content (AvgIpc) is 3.24. The number of nitrogens with zero attached hydrogens (tertiary/aromatic N) is 3. The predicted molar refractivity (Wildman–Crippen MR) is 107 cm³/mol. The molecular weight excluding hydrogens is 400 g/mol. The first-order chi connectivity index (χ1) is 13.2. The molecule has 10 heteroatoms. The van der Waals surface area contributed by atoms with Crippen molar-refractivity contribution in [1.29, 1.82) is 0 Å². The molecule has 0 radical (unpaired) electrons. The van der Waals surface area contributed by atoms with Crippen molar-refractivity contribution in [2.45, 2.75) is 37.1 Å². The Morgan fingerprint density at radius 1 is 1.29 bits per heavy atom. The van der Waals surface area contributed by atoms with E-state index >= 15 is 0 Å². The van der Waals surface area contributed by atoms with Gasteiger partial charge >= 0.3 is 0 Å². The molecule has 0 fully saturated rings. The van der Waals surface area contributed by atoms with E-state index in [0.717, 1.165) is 36.8 Å². The molecule has 4 rings (SSSR count). The smallest absolute Gasteiger partial charge is 0.267 e. The predicted octanol–water partition coefficient (Wildman–Crippen LogP) is 1.94. The normalized spacial score (nSPS) is 14.8. The number of aromatic nitrogens is 3. The van der Waals surface area contributed by atoms with Crippen LogP contribution >= 0.6 is 11.3 Å². The molecule has 1 aliphatic rings. The van der Waals surface area contributed by atoms with Crippen LogP contribution in [0.1, 0.15) is 30.6 Å². The minimum absolute atomic E-state index is 0.198. The van der Waals surface area contributed by atoms with Gasteiger partial charge in [-0.25, -0.2) is 18.1 Å². The Kier molecular flexibility index (Phi) is 4.54. The highest BCUT2D eigenvalue weighted by atomic mass is 32.2. The standard InChI is InChI=1S/C18H18N4O4S2/c1-10(22-16(23)8-11-4-3-5-13(11)21-22)17(24)20-18-19-14-7-6-12(28(2,25)26)9-15(14)27-18/h6-10H,3-5H2,1-2H3,(H,19,20,24). The van der Waals surface area contributed by atoms with E-state index in [1.807, 2.05) is 0 Å². The van der Waals surface area contributed by atoms with Crippen molar-refractivity contribution in [2.24, 2.45) is 0 Å². The average molecular weight is 419 g/mol. The number of hydrogen-bond donors (Lipinski definition) is 1. The second-order valence-electron chi connectivity index (χ2n) is 6.84. The van der Waals surface area contributed by atoms with Crippen LogP contribution in [0.25, 0.3) is 10.2 Å². The Bertz CT molecular complexity index is 1260. The van der Waals surface area contributed by atoms with Crippen molar-refractivity contribution < 1.29 is 13.2 Å². The highest BCUT2D eigenvalue weighted by molar-refractivity contribution is 7.90. The van der Waals surface area contributed by atoms with Crippen LogP contribution in [0.5, 0.6) is 0 Å². The lowest BCUT2D eigenvalue weighted by atomic mass is 10.2. The third-order valence-electron chi connectivity index (χ3n) is 4.75. The van der Waals surface area contributed by atoms with Gasteiger partial charge in [0, 0.05) is 12.3 Å². The quantitative estimate of drug-likeness (QED) is 0.693. The highest BCUT2D eigenvalue weighted by Gasteiger charge is 2.22. The second-order valence-corrected chi connectivity index (χ2v) is 9.88. The summed E-state index contributed by atoms with van der Waals surface area (Å²) in [6, 6.07) is 5.39. The molecule has 2 aromatic heterocycles.